The van der Waals surface area contributed by atoms with E-state index < -0.39 is 22.9 Å². The second kappa shape index (κ2) is 6.91. The number of nitrogens with one attached hydrogen (secondary N) is 1. The number of alkyl halides is 2. The number of thioether (sulfide) groups is 1. The summed E-state index contributed by atoms with van der Waals surface area (Å²) in [7, 11) is 0. The Labute approximate surface area is 135 Å². The number of hydrogen-bond acceptors (Lipinski definition) is 5. The van der Waals surface area contributed by atoms with Gasteiger partial charge in [-0.1, -0.05) is 13.8 Å². The van der Waals surface area contributed by atoms with Gasteiger partial charge in [-0.15, -0.1) is 23.1 Å². The Hall–Kier alpha value is -1.22. The van der Waals surface area contributed by atoms with Crippen LogP contribution < -0.4 is 5.32 Å². The van der Waals surface area contributed by atoms with E-state index in [-0.39, 0.29) is 17.7 Å². The van der Waals surface area contributed by atoms with Crippen LogP contribution in [0.5, 0.6) is 0 Å². The minimum absolute atomic E-state index is 0.0829. The van der Waals surface area contributed by atoms with Crippen LogP contribution in [0, 0.1) is 5.92 Å². The second-order valence-corrected chi connectivity index (χ2v) is 7.24. The minimum atomic E-state index is -3.70. The first-order valence-electron chi connectivity index (χ1n) is 6.78. The molecule has 0 saturated carbocycles. The summed E-state index contributed by atoms with van der Waals surface area (Å²) in [6, 6.07) is -0.859. The van der Waals surface area contributed by atoms with Crippen LogP contribution in [-0.2, 0) is 15.5 Å². The molecule has 1 aromatic rings. The van der Waals surface area contributed by atoms with Crippen molar-refractivity contribution in [3.63, 3.8) is 0 Å². The van der Waals surface area contributed by atoms with E-state index in [1.165, 1.54) is 23.3 Å². The van der Waals surface area contributed by atoms with E-state index in [0.717, 1.165) is 16.2 Å². The summed E-state index contributed by atoms with van der Waals surface area (Å²) < 4.78 is 28.4. The van der Waals surface area contributed by atoms with E-state index in [1.807, 2.05) is 13.8 Å². The van der Waals surface area contributed by atoms with Gasteiger partial charge in [0.15, 0.2) is 5.01 Å². The third-order valence-electron chi connectivity index (χ3n) is 3.10. The summed E-state index contributed by atoms with van der Waals surface area (Å²) in [5.74, 6) is -4.79. The van der Waals surface area contributed by atoms with Crippen LogP contribution in [-0.4, -0.2) is 45.9 Å². The van der Waals surface area contributed by atoms with Gasteiger partial charge in [-0.25, -0.2) is 4.98 Å². The third kappa shape index (κ3) is 3.57. The van der Waals surface area contributed by atoms with E-state index >= 15 is 0 Å². The van der Waals surface area contributed by atoms with Gasteiger partial charge in [0.1, 0.15) is 6.04 Å². The molecule has 0 spiro atoms. The molecule has 1 saturated heterocycles. The molecule has 1 aliphatic rings. The Balaban J connectivity index is 2.09. The summed E-state index contributed by atoms with van der Waals surface area (Å²) in [5, 5.41) is 3.54. The van der Waals surface area contributed by atoms with E-state index in [2.05, 4.69) is 10.3 Å². The van der Waals surface area contributed by atoms with Crippen molar-refractivity contribution in [2.75, 3.05) is 18.2 Å². The number of amides is 2. The topological polar surface area (TPSA) is 62.3 Å². The largest absolute Gasteiger partial charge is 0.375 e. The van der Waals surface area contributed by atoms with Gasteiger partial charge in [-0.3, -0.25) is 9.59 Å². The molecule has 0 aliphatic carbocycles. The number of nitrogens with zero attached hydrogens (tertiary/aromatic N) is 2. The molecular weight excluding hydrogens is 332 g/mol. The fraction of sp³-hybridized carbons (Fsp3) is 0.615. The fourth-order valence-electron chi connectivity index (χ4n) is 1.93. The number of carbonyl (C=O) groups is 2. The van der Waals surface area contributed by atoms with Crippen molar-refractivity contribution < 1.29 is 18.4 Å². The maximum Gasteiger partial charge on any atom is 0.375 e. The molecule has 2 heterocycles. The second-order valence-electron chi connectivity index (χ2n) is 5.34. The molecule has 1 atom stereocenters. The molecule has 0 bridgehead atoms. The molecule has 0 aromatic carbocycles. The van der Waals surface area contributed by atoms with Crippen LogP contribution in [0.15, 0.2) is 11.6 Å². The van der Waals surface area contributed by atoms with Gasteiger partial charge in [0, 0.05) is 23.9 Å². The number of hydrogen-bond donors (Lipinski definition) is 1. The normalized spacial score (nSPS) is 18.8. The average molecular weight is 349 g/mol. The summed E-state index contributed by atoms with van der Waals surface area (Å²) in [6.45, 7) is 4.32. The SMILES string of the molecule is CC(C)CNC(=O)C1CSCN1C(=O)C(F)(F)c1nccs1. The Bertz CT molecular complexity index is 537. The Morgan fingerprint density at radius 3 is 2.86 bits per heavy atom. The predicted molar refractivity (Wildman–Crippen MR) is 81.8 cm³/mol. The average Bonchev–Trinajstić information content (AvgIpc) is 3.14. The smallest absolute Gasteiger partial charge is 0.354 e. The Morgan fingerprint density at radius 2 is 2.27 bits per heavy atom. The quantitative estimate of drug-likeness (QED) is 0.882. The molecule has 2 amide bonds. The van der Waals surface area contributed by atoms with Crippen LogP contribution >= 0.6 is 23.1 Å². The first-order valence-corrected chi connectivity index (χ1v) is 8.81. The molecule has 1 aromatic heterocycles. The van der Waals surface area contributed by atoms with Crippen molar-refractivity contribution in [2.24, 2.45) is 5.92 Å². The van der Waals surface area contributed by atoms with Crippen molar-refractivity contribution in [2.45, 2.75) is 25.8 Å². The molecule has 22 heavy (non-hydrogen) atoms. The number of aromatic nitrogens is 1. The lowest BCUT2D eigenvalue weighted by atomic mass is 10.2. The van der Waals surface area contributed by atoms with Crippen LogP contribution in [0.1, 0.15) is 18.9 Å². The lowest BCUT2D eigenvalue weighted by Crippen LogP contribution is -2.51. The number of rotatable bonds is 5. The van der Waals surface area contributed by atoms with E-state index in [9.17, 15) is 18.4 Å². The number of halogens is 2. The zero-order valence-corrected chi connectivity index (χ0v) is 13.8. The van der Waals surface area contributed by atoms with Gasteiger partial charge in [-0.05, 0) is 5.92 Å². The monoisotopic (exact) mass is 349 g/mol. The maximum absolute atomic E-state index is 14.2. The Morgan fingerprint density at radius 1 is 1.55 bits per heavy atom. The fourth-order valence-corrected chi connectivity index (χ4v) is 3.69. The van der Waals surface area contributed by atoms with Gasteiger partial charge < -0.3 is 10.2 Å². The molecule has 0 radical (unpaired) electrons. The van der Waals surface area contributed by atoms with Crippen LogP contribution in [0.2, 0.25) is 0 Å². The molecule has 1 N–H and O–H groups in total. The summed E-state index contributed by atoms with van der Waals surface area (Å²) in [5.41, 5.74) is 0. The van der Waals surface area contributed by atoms with Crippen LogP contribution in [0.25, 0.3) is 0 Å². The number of carbonyl (C=O) groups excluding carboxylic acids is 2. The van der Waals surface area contributed by atoms with Gasteiger partial charge in [-0.2, -0.15) is 8.78 Å². The lowest BCUT2D eigenvalue weighted by molar-refractivity contribution is -0.161. The summed E-state index contributed by atoms with van der Waals surface area (Å²) in [6.07, 6.45) is 1.23. The highest BCUT2D eigenvalue weighted by molar-refractivity contribution is 7.99. The van der Waals surface area contributed by atoms with Gasteiger partial charge in [0.25, 0.3) is 0 Å². The highest BCUT2D eigenvalue weighted by atomic mass is 32.2. The van der Waals surface area contributed by atoms with E-state index in [4.69, 9.17) is 0 Å². The molecule has 2 rings (SSSR count). The molecule has 1 aliphatic heterocycles. The predicted octanol–water partition coefficient (Wildman–Crippen LogP) is 1.91. The van der Waals surface area contributed by atoms with Gasteiger partial charge >= 0.3 is 11.8 Å². The maximum atomic E-state index is 14.2. The Kier molecular flexibility index (Phi) is 5.38. The highest BCUT2D eigenvalue weighted by Gasteiger charge is 2.50. The highest BCUT2D eigenvalue weighted by Crippen LogP contribution is 2.35. The standard InChI is InChI=1S/C13H17F2N3O2S2/c1-8(2)5-17-10(19)9-6-21-7-18(9)12(20)13(14,15)11-16-3-4-22-11/h3-4,8-9H,5-7H2,1-2H3,(H,17,19). The van der Waals surface area contributed by atoms with E-state index in [0.29, 0.717) is 12.3 Å². The van der Waals surface area contributed by atoms with Crippen molar-refractivity contribution in [3.05, 3.63) is 16.6 Å². The zero-order valence-electron chi connectivity index (χ0n) is 12.2. The lowest BCUT2D eigenvalue weighted by Gasteiger charge is -2.26. The molecule has 1 fully saturated rings. The van der Waals surface area contributed by atoms with Crippen LogP contribution in [0.3, 0.4) is 0 Å². The zero-order chi connectivity index (χ0) is 16.3. The summed E-state index contributed by atoms with van der Waals surface area (Å²) in [4.78, 5) is 28.7. The molecule has 1 unspecified atom stereocenters. The molecule has 122 valence electrons. The van der Waals surface area contributed by atoms with Gasteiger partial charge in [0.2, 0.25) is 5.91 Å². The first kappa shape index (κ1) is 17.1. The first-order chi connectivity index (χ1) is 10.3. The molecule has 5 nitrogen and oxygen atoms in total. The van der Waals surface area contributed by atoms with Crippen molar-refractivity contribution in [1.29, 1.82) is 0 Å². The minimum Gasteiger partial charge on any atom is -0.354 e. The van der Waals surface area contributed by atoms with E-state index in [1.54, 1.807) is 0 Å². The molecular formula is C13H17F2N3O2S2. The van der Waals surface area contributed by atoms with Gasteiger partial charge in [0.05, 0.1) is 5.88 Å². The number of thiazole rings is 1. The van der Waals surface area contributed by atoms with Crippen LogP contribution in [0.4, 0.5) is 8.78 Å². The van der Waals surface area contributed by atoms with Crippen molar-refractivity contribution in [1.82, 2.24) is 15.2 Å². The molecule has 9 heteroatoms. The summed E-state index contributed by atoms with van der Waals surface area (Å²) >= 11 is 2.01. The van der Waals surface area contributed by atoms with Crippen molar-refractivity contribution >= 4 is 34.9 Å². The van der Waals surface area contributed by atoms with Crippen molar-refractivity contribution in [3.8, 4) is 0 Å². The third-order valence-corrected chi connectivity index (χ3v) is 4.95.